The van der Waals surface area contributed by atoms with Crippen LogP contribution in [0.5, 0.6) is 5.75 Å². The molecule has 2 aliphatic heterocycles. The van der Waals surface area contributed by atoms with E-state index < -0.39 is 0 Å². The molecule has 2 fully saturated rings. The predicted molar refractivity (Wildman–Crippen MR) is 141 cm³/mol. The van der Waals surface area contributed by atoms with Gasteiger partial charge in [-0.2, -0.15) is 0 Å². The van der Waals surface area contributed by atoms with Crippen LogP contribution in [0, 0.1) is 5.92 Å². The number of rotatable bonds is 8. The van der Waals surface area contributed by atoms with Gasteiger partial charge in [-0.1, -0.05) is 19.1 Å². The Labute approximate surface area is 210 Å². The molecule has 0 spiro atoms. The maximum Gasteiger partial charge on any atom is 0.222 e. The third-order valence-electron chi connectivity index (χ3n) is 6.31. The van der Waals surface area contributed by atoms with Crippen molar-refractivity contribution < 1.29 is 9.53 Å². The molecule has 0 aliphatic carbocycles. The molecule has 8 heteroatoms. The van der Waals surface area contributed by atoms with E-state index in [1.807, 2.05) is 24.0 Å². The van der Waals surface area contributed by atoms with Crippen LogP contribution in [0.1, 0.15) is 45.1 Å². The summed E-state index contributed by atoms with van der Waals surface area (Å²) < 4.78 is 5.25. The predicted octanol–water partition coefficient (Wildman–Crippen LogP) is 3.09. The van der Waals surface area contributed by atoms with Crippen LogP contribution in [-0.2, 0) is 11.3 Å². The van der Waals surface area contributed by atoms with Crippen LogP contribution in [0.15, 0.2) is 29.3 Å². The van der Waals surface area contributed by atoms with Crippen molar-refractivity contribution in [2.75, 3.05) is 46.4 Å². The number of piperidine rings is 1. The average molecular weight is 558 g/mol. The van der Waals surface area contributed by atoms with Gasteiger partial charge >= 0.3 is 0 Å². The molecular weight excluding hydrogens is 517 g/mol. The van der Waals surface area contributed by atoms with Crippen LogP contribution in [0.3, 0.4) is 0 Å². The molecule has 7 nitrogen and oxygen atoms in total. The van der Waals surface area contributed by atoms with Crippen LogP contribution >= 0.6 is 24.0 Å². The van der Waals surface area contributed by atoms with E-state index in [1.54, 1.807) is 7.11 Å². The first-order chi connectivity index (χ1) is 15.1. The second kappa shape index (κ2) is 13.9. The highest BCUT2D eigenvalue weighted by Crippen LogP contribution is 2.20. The van der Waals surface area contributed by atoms with Crippen LogP contribution in [0.25, 0.3) is 0 Å². The molecule has 0 saturated carbocycles. The number of benzene rings is 1. The number of carbonyl (C=O) groups is 1. The Balaban J connectivity index is 0.00000363. The molecule has 32 heavy (non-hydrogen) atoms. The van der Waals surface area contributed by atoms with Crippen molar-refractivity contribution in [1.29, 1.82) is 0 Å². The molecule has 1 aromatic rings. The first-order valence-corrected chi connectivity index (χ1v) is 11.8. The normalized spacial score (nSPS) is 20.0. The number of nitrogens with one attached hydrogen (secondary N) is 2. The number of amides is 1. The number of halogens is 1. The van der Waals surface area contributed by atoms with Crippen LogP contribution in [-0.4, -0.2) is 74.1 Å². The maximum absolute atomic E-state index is 11.9. The highest BCUT2D eigenvalue weighted by atomic mass is 127. The Kier molecular flexibility index (Phi) is 11.6. The van der Waals surface area contributed by atoms with Crippen molar-refractivity contribution >= 4 is 35.8 Å². The molecule has 0 bridgehead atoms. The van der Waals surface area contributed by atoms with Crippen molar-refractivity contribution in [1.82, 2.24) is 20.4 Å². The number of ether oxygens (including phenoxy) is 1. The van der Waals surface area contributed by atoms with E-state index in [4.69, 9.17) is 9.73 Å². The molecule has 0 radical (unpaired) electrons. The first-order valence-electron chi connectivity index (χ1n) is 11.8. The number of hydrogen-bond acceptors (Lipinski definition) is 4. The summed E-state index contributed by atoms with van der Waals surface area (Å²) in [6.45, 7) is 10.6. The minimum absolute atomic E-state index is 0. The second-order valence-corrected chi connectivity index (χ2v) is 8.61. The number of likely N-dealkylation sites (tertiary alicyclic amines) is 2. The highest BCUT2D eigenvalue weighted by Gasteiger charge is 2.26. The monoisotopic (exact) mass is 557 g/mol. The molecule has 2 saturated heterocycles. The van der Waals surface area contributed by atoms with Gasteiger partial charge in [-0.15, -0.1) is 24.0 Å². The van der Waals surface area contributed by atoms with Gasteiger partial charge in [0.2, 0.25) is 5.91 Å². The zero-order valence-corrected chi connectivity index (χ0v) is 22.1. The summed E-state index contributed by atoms with van der Waals surface area (Å²) in [5, 5.41) is 6.91. The van der Waals surface area contributed by atoms with Crippen molar-refractivity contribution in [3.8, 4) is 5.75 Å². The number of methoxy groups -OCH3 is 1. The summed E-state index contributed by atoms with van der Waals surface area (Å²) in [7, 11) is 1.70. The molecule has 1 aromatic carbocycles. The van der Waals surface area contributed by atoms with Gasteiger partial charge in [0.25, 0.3) is 0 Å². The van der Waals surface area contributed by atoms with Crippen LogP contribution in [0.2, 0.25) is 0 Å². The summed E-state index contributed by atoms with van der Waals surface area (Å²) in [5.74, 6) is 2.67. The lowest BCUT2D eigenvalue weighted by Crippen LogP contribution is -2.45. The van der Waals surface area contributed by atoms with Gasteiger partial charge in [0.05, 0.1) is 7.11 Å². The van der Waals surface area contributed by atoms with Crippen molar-refractivity contribution in [3.05, 3.63) is 29.8 Å². The fourth-order valence-electron chi connectivity index (χ4n) is 4.38. The standard InChI is InChI=1S/C24H39N5O2.HI/c1-4-23(30)29-15-12-21(18-29)27-24(25-5-2)26-16-19-10-13-28(14-11-19)17-20-6-8-22(31-3)9-7-20;/h6-9,19,21H,4-5,10-18H2,1-3H3,(H2,25,26,27);1H. The Bertz CT molecular complexity index is 720. The molecule has 1 amide bonds. The first kappa shape index (κ1) is 26.7. The smallest absolute Gasteiger partial charge is 0.222 e. The minimum atomic E-state index is 0. The number of aliphatic imine (C=N–C) groups is 1. The van der Waals surface area contributed by atoms with Gasteiger partial charge in [0, 0.05) is 45.2 Å². The third-order valence-corrected chi connectivity index (χ3v) is 6.31. The zero-order chi connectivity index (χ0) is 22.1. The number of nitrogens with zero attached hydrogens (tertiary/aromatic N) is 3. The lowest BCUT2D eigenvalue weighted by Gasteiger charge is -2.31. The van der Waals surface area contributed by atoms with E-state index in [0.717, 1.165) is 63.9 Å². The van der Waals surface area contributed by atoms with E-state index in [9.17, 15) is 4.79 Å². The molecule has 2 aliphatic rings. The fourth-order valence-corrected chi connectivity index (χ4v) is 4.38. The molecule has 3 rings (SSSR count). The van der Waals surface area contributed by atoms with E-state index in [0.29, 0.717) is 18.4 Å². The summed E-state index contributed by atoms with van der Waals surface area (Å²) in [4.78, 5) is 21.3. The molecule has 1 atom stereocenters. The molecule has 180 valence electrons. The summed E-state index contributed by atoms with van der Waals surface area (Å²) in [6.07, 6.45) is 3.93. The Morgan fingerprint density at radius 2 is 1.84 bits per heavy atom. The van der Waals surface area contributed by atoms with Gasteiger partial charge in [0.1, 0.15) is 5.75 Å². The quantitative estimate of drug-likeness (QED) is 0.292. The lowest BCUT2D eigenvalue weighted by atomic mass is 9.96. The number of guanidine groups is 1. The van der Waals surface area contributed by atoms with Crippen molar-refractivity contribution in [2.45, 2.75) is 52.1 Å². The van der Waals surface area contributed by atoms with E-state index in [-0.39, 0.29) is 29.9 Å². The van der Waals surface area contributed by atoms with Crippen molar-refractivity contribution in [2.24, 2.45) is 10.9 Å². The molecule has 2 heterocycles. The highest BCUT2D eigenvalue weighted by molar-refractivity contribution is 14.0. The topological polar surface area (TPSA) is 69.2 Å². The van der Waals surface area contributed by atoms with Crippen molar-refractivity contribution in [3.63, 3.8) is 0 Å². The Morgan fingerprint density at radius 1 is 1.12 bits per heavy atom. The lowest BCUT2D eigenvalue weighted by molar-refractivity contribution is -0.129. The van der Waals surface area contributed by atoms with Gasteiger partial charge in [0.15, 0.2) is 5.96 Å². The van der Waals surface area contributed by atoms with Gasteiger partial charge in [-0.25, -0.2) is 0 Å². The largest absolute Gasteiger partial charge is 0.497 e. The van der Waals surface area contributed by atoms with Gasteiger partial charge in [-0.05, 0) is 62.9 Å². The Hall–Kier alpha value is -1.55. The minimum Gasteiger partial charge on any atom is -0.497 e. The number of carbonyl (C=O) groups excluding carboxylic acids is 1. The fraction of sp³-hybridized carbons (Fsp3) is 0.667. The zero-order valence-electron chi connectivity index (χ0n) is 19.8. The van der Waals surface area contributed by atoms with Crippen LogP contribution < -0.4 is 15.4 Å². The molecule has 2 N–H and O–H groups in total. The summed E-state index contributed by atoms with van der Waals surface area (Å²) >= 11 is 0. The SMILES string of the molecule is CCNC(=NCC1CCN(Cc2ccc(OC)cc2)CC1)NC1CCN(C(=O)CC)C1.I. The third kappa shape index (κ3) is 8.10. The van der Waals surface area contributed by atoms with E-state index in [1.165, 1.54) is 18.4 Å². The molecule has 1 unspecified atom stereocenters. The maximum atomic E-state index is 11.9. The van der Waals surface area contributed by atoms with Crippen LogP contribution in [0.4, 0.5) is 0 Å². The molecular formula is C24H40IN5O2. The van der Waals surface area contributed by atoms with Gasteiger partial charge < -0.3 is 20.3 Å². The Morgan fingerprint density at radius 3 is 2.47 bits per heavy atom. The number of hydrogen-bond donors (Lipinski definition) is 2. The average Bonchev–Trinajstić information content (AvgIpc) is 3.27. The second-order valence-electron chi connectivity index (χ2n) is 8.61. The molecule has 0 aromatic heterocycles. The summed E-state index contributed by atoms with van der Waals surface area (Å²) in [6, 6.07) is 8.67. The van der Waals surface area contributed by atoms with E-state index >= 15 is 0 Å². The van der Waals surface area contributed by atoms with E-state index in [2.05, 4.69) is 34.6 Å². The van der Waals surface area contributed by atoms with Gasteiger partial charge in [-0.3, -0.25) is 14.7 Å². The summed E-state index contributed by atoms with van der Waals surface area (Å²) in [5.41, 5.74) is 1.34.